The van der Waals surface area contributed by atoms with Crippen LogP contribution in [-0.4, -0.2) is 24.5 Å². The van der Waals surface area contributed by atoms with Crippen LogP contribution in [0.5, 0.6) is 0 Å². The van der Waals surface area contributed by atoms with Gasteiger partial charge in [0.15, 0.2) is 5.60 Å². The molecular formula is C13H14O4. The molecule has 0 spiro atoms. The molecule has 0 fully saturated rings. The second kappa shape index (κ2) is 4.20. The molecule has 1 unspecified atom stereocenters. The van der Waals surface area contributed by atoms with Crippen molar-refractivity contribution in [2.24, 2.45) is 0 Å². The van der Waals surface area contributed by atoms with Crippen molar-refractivity contribution < 1.29 is 19.1 Å². The highest BCUT2D eigenvalue weighted by atomic mass is 16.6. The molecule has 2 rings (SSSR count). The number of methoxy groups -OCH3 is 1. The van der Waals surface area contributed by atoms with Gasteiger partial charge in [-0.05, 0) is 25.3 Å². The predicted octanol–water partition coefficient (Wildman–Crippen LogP) is 1.68. The van der Waals surface area contributed by atoms with E-state index < -0.39 is 11.6 Å². The van der Waals surface area contributed by atoms with Gasteiger partial charge in [-0.15, -0.1) is 0 Å². The average Bonchev–Trinajstić information content (AvgIpc) is 2.67. The number of carbonyl (C=O) groups is 2. The molecule has 0 radical (unpaired) electrons. The number of allylic oxidation sites excluding steroid dienone is 2. The molecule has 4 heteroatoms. The Hall–Kier alpha value is -1.84. The minimum absolute atomic E-state index is 0.0279. The van der Waals surface area contributed by atoms with E-state index in [1.807, 2.05) is 18.2 Å². The molecule has 0 saturated heterocycles. The quantitative estimate of drug-likeness (QED) is 0.682. The Morgan fingerprint density at radius 3 is 2.82 bits per heavy atom. The van der Waals surface area contributed by atoms with Gasteiger partial charge in [-0.25, -0.2) is 4.79 Å². The summed E-state index contributed by atoms with van der Waals surface area (Å²) in [5, 5.41) is 0. The van der Waals surface area contributed by atoms with Gasteiger partial charge in [0.05, 0.1) is 7.11 Å². The van der Waals surface area contributed by atoms with Gasteiger partial charge in [0, 0.05) is 6.08 Å². The van der Waals surface area contributed by atoms with Gasteiger partial charge in [0.25, 0.3) is 0 Å². The summed E-state index contributed by atoms with van der Waals surface area (Å²) in [5.74, 6) is -0.877. The van der Waals surface area contributed by atoms with Crippen LogP contribution in [0, 0.1) is 0 Å². The molecule has 0 aromatic heterocycles. The molecule has 0 N–H and O–H groups in total. The zero-order valence-electron chi connectivity index (χ0n) is 9.86. The van der Waals surface area contributed by atoms with Gasteiger partial charge in [-0.2, -0.15) is 0 Å². The molecule has 17 heavy (non-hydrogen) atoms. The molecule has 0 amide bonds. The Morgan fingerprint density at radius 2 is 2.24 bits per heavy atom. The normalized spacial score (nSPS) is 27.3. The van der Waals surface area contributed by atoms with Crippen molar-refractivity contribution in [3.63, 3.8) is 0 Å². The van der Waals surface area contributed by atoms with E-state index in [4.69, 9.17) is 4.74 Å². The van der Waals surface area contributed by atoms with Gasteiger partial charge < -0.3 is 9.47 Å². The molecule has 1 atom stereocenters. The smallest absolute Gasteiger partial charge is 0.373 e. The number of ether oxygens (including phenoxy) is 2. The van der Waals surface area contributed by atoms with Crippen LogP contribution in [0.15, 0.2) is 35.6 Å². The highest BCUT2D eigenvalue weighted by molar-refractivity contribution is 6.07. The van der Waals surface area contributed by atoms with Crippen LogP contribution in [0.2, 0.25) is 0 Å². The molecule has 2 aliphatic rings. The SMILES string of the molecule is COC(=O)C1=CC(=O)C(C)(C2=CCCC=C2)O1. The molecule has 0 bridgehead atoms. The van der Waals surface area contributed by atoms with E-state index in [0.717, 1.165) is 18.4 Å². The topological polar surface area (TPSA) is 52.6 Å². The zero-order valence-corrected chi connectivity index (χ0v) is 9.86. The highest BCUT2D eigenvalue weighted by Crippen LogP contribution is 2.34. The van der Waals surface area contributed by atoms with Gasteiger partial charge in [0.1, 0.15) is 0 Å². The third-order valence-electron chi connectivity index (χ3n) is 2.98. The first-order chi connectivity index (χ1) is 8.08. The molecule has 0 aromatic rings. The lowest BCUT2D eigenvalue weighted by Crippen LogP contribution is -2.35. The highest BCUT2D eigenvalue weighted by Gasteiger charge is 2.44. The fourth-order valence-electron chi connectivity index (χ4n) is 1.93. The molecule has 0 aromatic carbocycles. The van der Waals surface area contributed by atoms with E-state index in [1.54, 1.807) is 6.92 Å². The molecule has 90 valence electrons. The van der Waals surface area contributed by atoms with Gasteiger partial charge in [-0.3, -0.25) is 4.79 Å². The van der Waals surface area contributed by atoms with Crippen molar-refractivity contribution in [1.29, 1.82) is 0 Å². The summed E-state index contributed by atoms with van der Waals surface area (Å²) >= 11 is 0. The minimum atomic E-state index is -1.08. The lowest BCUT2D eigenvalue weighted by Gasteiger charge is -2.26. The number of hydrogen-bond acceptors (Lipinski definition) is 4. The first kappa shape index (κ1) is 11.6. The molecule has 4 nitrogen and oxygen atoms in total. The van der Waals surface area contributed by atoms with E-state index >= 15 is 0 Å². The third kappa shape index (κ3) is 1.90. The number of ketones is 1. The summed E-state index contributed by atoms with van der Waals surface area (Å²) in [4.78, 5) is 23.3. The van der Waals surface area contributed by atoms with Crippen LogP contribution in [0.3, 0.4) is 0 Å². The predicted molar refractivity (Wildman–Crippen MR) is 61.1 cm³/mol. The Kier molecular flexibility index (Phi) is 2.88. The third-order valence-corrected chi connectivity index (χ3v) is 2.98. The molecule has 1 aliphatic heterocycles. The second-order valence-electron chi connectivity index (χ2n) is 4.14. The van der Waals surface area contributed by atoms with E-state index in [9.17, 15) is 9.59 Å². The van der Waals surface area contributed by atoms with Crippen molar-refractivity contribution in [2.45, 2.75) is 25.4 Å². The summed E-state index contributed by atoms with van der Waals surface area (Å²) in [7, 11) is 1.26. The Labute approximate surface area is 99.6 Å². The van der Waals surface area contributed by atoms with Crippen LogP contribution >= 0.6 is 0 Å². The summed E-state index contributed by atoms with van der Waals surface area (Å²) < 4.78 is 10.0. The Balaban J connectivity index is 2.25. The molecule has 0 saturated carbocycles. The summed E-state index contributed by atoms with van der Waals surface area (Å²) in [6.07, 6.45) is 8.88. The van der Waals surface area contributed by atoms with Crippen molar-refractivity contribution in [1.82, 2.24) is 0 Å². The summed E-state index contributed by atoms with van der Waals surface area (Å²) in [6, 6.07) is 0. The van der Waals surface area contributed by atoms with Crippen LogP contribution in [0.4, 0.5) is 0 Å². The van der Waals surface area contributed by atoms with Crippen LogP contribution in [0.25, 0.3) is 0 Å². The van der Waals surface area contributed by atoms with Crippen molar-refractivity contribution in [3.05, 3.63) is 35.6 Å². The monoisotopic (exact) mass is 234 g/mol. The Morgan fingerprint density at radius 1 is 1.47 bits per heavy atom. The molecular weight excluding hydrogens is 220 g/mol. The van der Waals surface area contributed by atoms with Gasteiger partial charge in [-0.1, -0.05) is 18.2 Å². The zero-order chi connectivity index (χ0) is 12.5. The largest absolute Gasteiger partial charge is 0.467 e. The standard InChI is InChI=1S/C13H14O4/c1-13(9-6-4-3-5-7-9)11(14)8-10(17-13)12(15)16-2/h4,6-8H,3,5H2,1-2H3. The van der Waals surface area contributed by atoms with Gasteiger partial charge in [0.2, 0.25) is 11.5 Å². The summed E-state index contributed by atoms with van der Waals surface area (Å²) in [5.41, 5.74) is -0.288. The minimum Gasteiger partial charge on any atom is -0.467 e. The van der Waals surface area contributed by atoms with E-state index in [0.29, 0.717) is 0 Å². The molecule has 1 aliphatic carbocycles. The second-order valence-corrected chi connectivity index (χ2v) is 4.14. The van der Waals surface area contributed by atoms with E-state index in [1.165, 1.54) is 13.2 Å². The van der Waals surface area contributed by atoms with Crippen molar-refractivity contribution in [2.75, 3.05) is 7.11 Å². The number of rotatable bonds is 2. The number of hydrogen-bond donors (Lipinski definition) is 0. The maximum absolute atomic E-state index is 11.9. The Bertz CT molecular complexity index is 456. The molecule has 1 heterocycles. The summed E-state index contributed by atoms with van der Waals surface area (Å²) in [6.45, 7) is 1.67. The van der Waals surface area contributed by atoms with Crippen LogP contribution < -0.4 is 0 Å². The number of carbonyl (C=O) groups excluding carboxylic acids is 2. The van der Waals surface area contributed by atoms with Crippen molar-refractivity contribution >= 4 is 11.8 Å². The van der Waals surface area contributed by atoms with E-state index in [-0.39, 0.29) is 11.5 Å². The van der Waals surface area contributed by atoms with Crippen LogP contribution in [0.1, 0.15) is 19.8 Å². The van der Waals surface area contributed by atoms with Crippen LogP contribution in [-0.2, 0) is 19.1 Å². The fourth-order valence-corrected chi connectivity index (χ4v) is 1.93. The number of esters is 1. The first-order valence-electron chi connectivity index (χ1n) is 5.48. The lowest BCUT2D eigenvalue weighted by molar-refractivity contribution is -0.142. The maximum Gasteiger partial charge on any atom is 0.373 e. The van der Waals surface area contributed by atoms with Crippen molar-refractivity contribution in [3.8, 4) is 0 Å². The fraction of sp³-hybridized carbons (Fsp3) is 0.385. The first-order valence-corrected chi connectivity index (χ1v) is 5.48. The van der Waals surface area contributed by atoms with Gasteiger partial charge >= 0.3 is 5.97 Å². The maximum atomic E-state index is 11.9. The van der Waals surface area contributed by atoms with E-state index in [2.05, 4.69) is 4.74 Å². The average molecular weight is 234 g/mol. The lowest BCUT2D eigenvalue weighted by atomic mass is 9.88.